The number of hydrogen-bond acceptors (Lipinski definition) is 4. The van der Waals surface area contributed by atoms with Gasteiger partial charge in [0.25, 0.3) is 5.56 Å². The number of aromatic nitrogens is 1. The Bertz CT molecular complexity index is 738. The first-order valence-electron chi connectivity index (χ1n) is 7.83. The van der Waals surface area contributed by atoms with Crippen molar-refractivity contribution in [2.45, 2.75) is 31.6 Å². The zero-order valence-corrected chi connectivity index (χ0v) is 13.4. The van der Waals surface area contributed by atoms with Gasteiger partial charge in [-0.25, -0.2) is 0 Å². The van der Waals surface area contributed by atoms with Gasteiger partial charge in [-0.05, 0) is 30.9 Å². The lowest BCUT2D eigenvalue weighted by atomic mass is 9.94. The van der Waals surface area contributed by atoms with E-state index in [0.29, 0.717) is 28.2 Å². The molecule has 0 amide bonds. The molecule has 2 aromatic rings. The van der Waals surface area contributed by atoms with E-state index in [0.717, 1.165) is 25.7 Å². The standard InChI is InChI=1S/C18H21NO4/c1-22-13-8-5-9-14(23-2)16(13)12-10-19-18(21)15(17(12)20)11-6-3-4-7-11/h5,8-11H,3-4,6-7H2,1-2H3,(H2,19,20,21). The SMILES string of the molecule is COc1cccc(OC)c1-c1c[nH]c(=O)c(C2CCCC2)c1O. The summed E-state index contributed by atoms with van der Waals surface area (Å²) in [5, 5.41) is 10.8. The second-order valence-corrected chi connectivity index (χ2v) is 5.81. The number of rotatable bonds is 4. The first-order valence-corrected chi connectivity index (χ1v) is 7.83. The Hall–Kier alpha value is -2.43. The van der Waals surface area contributed by atoms with Crippen molar-refractivity contribution in [1.29, 1.82) is 0 Å². The number of ether oxygens (including phenoxy) is 2. The van der Waals surface area contributed by atoms with Crippen LogP contribution in [0.4, 0.5) is 0 Å². The molecular formula is C18H21NO4. The minimum absolute atomic E-state index is 0.0310. The fraction of sp³-hybridized carbons (Fsp3) is 0.389. The summed E-state index contributed by atoms with van der Waals surface area (Å²) >= 11 is 0. The van der Waals surface area contributed by atoms with Crippen LogP contribution >= 0.6 is 0 Å². The van der Waals surface area contributed by atoms with E-state index in [-0.39, 0.29) is 17.2 Å². The molecule has 1 aliphatic carbocycles. The maximum absolute atomic E-state index is 12.2. The first kappa shape index (κ1) is 15.5. The molecule has 0 unspecified atom stereocenters. The van der Waals surface area contributed by atoms with Crippen molar-refractivity contribution in [2.24, 2.45) is 0 Å². The Balaban J connectivity index is 2.22. The quantitative estimate of drug-likeness (QED) is 0.907. The minimum atomic E-state index is -0.216. The van der Waals surface area contributed by atoms with Crippen LogP contribution in [0.5, 0.6) is 17.2 Å². The Morgan fingerprint density at radius 2 is 1.74 bits per heavy atom. The lowest BCUT2D eigenvalue weighted by molar-refractivity contribution is 0.396. The van der Waals surface area contributed by atoms with Gasteiger partial charge in [0.1, 0.15) is 17.2 Å². The highest BCUT2D eigenvalue weighted by atomic mass is 16.5. The Kier molecular flexibility index (Phi) is 4.28. The highest BCUT2D eigenvalue weighted by molar-refractivity contribution is 5.81. The van der Waals surface area contributed by atoms with E-state index < -0.39 is 0 Å². The van der Waals surface area contributed by atoms with Gasteiger partial charge in [-0.2, -0.15) is 0 Å². The lowest BCUT2D eigenvalue weighted by Gasteiger charge is -2.17. The number of benzene rings is 1. The molecule has 1 heterocycles. The zero-order valence-electron chi connectivity index (χ0n) is 13.4. The monoisotopic (exact) mass is 315 g/mol. The van der Waals surface area contributed by atoms with Gasteiger partial charge in [0.05, 0.1) is 25.3 Å². The topological polar surface area (TPSA) is 71.5 Å². The average molecular weight is 315 g/mol. The molecule has 1 aromatic heterocycles. The van der Waals surface area contributed by atoms with Gasteiger partial charge in [0.2, 0.25) is 0 Å². The van der Waals surface area contributed by atoms with Gasteiger partial charge < -0.3 is 19.6 Å². The molecule has 2 N–H and O–H groups in total. The van der Waals surface area contributed by atoms with Crippen LogP contribution in [0.2, 0.25) is 0 Å². The van der Waals surface area contributed by atoms with Gasteiger partial charge in [-0.15, -0.1) is 0 Å². The van der Waals surface area contributed by atoms with Crippen molar-refractivity contribution in [1.82, 2.24) is 4.98 Å². The summed E-state index contributed by atoms with van der Waals surface area (Å²) < 4.78 is 10.8. The average Bonchev–Trinajstić information content (AvgIpc) is 3.08. The molecule has 0 radical (unpaired) electrons. The summed E-state index contributed by atoms with van der Waals surface area (Å²) in [7, 11) is 3.14. The summed E-state index contributed by atoms with van der Waals surface area (Å²) in [4.78, 5) is 15.0. The molecule has 5 heteroatoms. The van der Waals surface area contributed by atoms with Gasteiger partial charge in [-0.1, -0.05) is 18.9 Å². The summed E-state index contributed by atoms with van der Waals surface area (Å²) in [6.07, 6.45) is 5.57. The molecule has 0 spiro atoms. The lowest BCUT2D eigenvalue weighted by Crippen LogP contribution is -2.15. The number of H-pyrrole nitrogens is 1. The summed E-state index contributed by atoms with van der Waals surface area (Å²) in [6.45, 7) is 0. The maximum Gasteiger partial charge on any atom is 0.255 e. The second kappa shape index (κ2) is 6.36. The van der Waals surface area contributed by atoms with E-state index in [1.807, 2.05) is 6.07 Å². The van der Waals surface area contributed by atoms with Crippen LogP contribution in [-0.2, 0) is 0 Å². The fourth-order valence-corrected chi connectivity index (χ4v) is 3.44. The van der Waals surface area contributed by atoms with Crippen molar-refractivity contribution in [3.05, 3.63) is 40.3 Å². The van der Waals surface area contributed by atoms with Crippen molar-refractivity contribution in [2.75, 3.05) is 14.2 Å². The molecule has 122 valence electrons. The Labute approximate surface area is 134 Å². The molecule has 23 heavy (non-hydrogen) atoms. The van der Waals surface area contributed by atoms with E-state index in [1.165, 1.54) is 6.20 Å². The van der Waals surface area contributed by atoms with Crippen LogP contribution in [-0.4, -0.2) is 24.3 Å². The van der Waals surface area contributed by atoms with Crippen molar-refractivity contribution >= 4 is 0 Å². The highest BCUT2D eigenvalue weighted by Gasteiger charge is 2.26. The van der Waals surface area contributed by atoms with Crippen LogP contribution in [0.15, 0.2) is 29.2 Å². The third-order valence-electron chi connectivity index (χ3n) is 4.56. The third kappa shape index (κ3) is 2.67. The Morgan fingerprint density at radius 1 is 1.13 bits per heavy atom. The number of hydrogen-bond donors (Lipinski definition) is 2. The van der Waals surface area contributed by atoms with E-state index in [1.54, 1.807) is 26.4 Å². The number of methoxy groups -OCH3 is 2. The normalized spacial score (nSPS) is 14.9. The van der Waals surface area contributed by atoms with E-state index >= 15 is 0 Å². The highest BCUT2D eigenvalue weighted by Crippen LogP contribution is 2.45. The predicted octanol–water partition coefficient (Wildman–Crippen LogP) is 3.42. The summed E-state index contributed by atoms with van der Waals surface area (Å²) in [5.41, 5.74) is 1.44. The molecule has 0 saturated heterocycles. The fourth-order valence-electron chi connectivity index (χ4n) is 3.44. The van der Waals surface area contributed by atoms with Crippen molar-refractivity contribution in [3.8, 4) is 28.4 Å². The molecule has 0 aliphatic heterocycles. The molecule has 0 bridgehead atoms. The van der Waals surface area contributed by atoms with Gasteiger partial charge >= 0.3 is 0 Å². The summed E-state index contributed by atoms with van der Waals surface area (Å²) in [6, 6.07) is 5.43. The van der Waals surface area contributed by atoms with Crippen LogP contribution in [0.1, 0.15) is 37.2 Å². The van der Waals surface area contributed by atoms with Crippen LogP contribution < -0.4 is 15.0 Å². The van der Waals surface area contributed by atoms with Gasteiger partial charge in [-0.3, -0.25) is 4.79 Å². The maximum atomic E-state index is 12.2. The molecule has 5 nitrogen and oxygen atoms in total. The largest absolute Gasteiger partial charge is 0.507 e. The summed E-state index contributed by atoms with van der Waals surface area (Å²) in [5.74, 6) is 1.32. The first-order chi connectivity index (χ1) is 11.2. The third-order valence-corrected chi connectivity index (χ3v) is 4.56. The molecular weight excluding hydrogens is 294 g/mol. The molecule has 1 saturated carbocycles. The van der Waals surface area contributed by atoms with E-state index in [9.17, 15) is 9.90 Å². The Morgan fingerprint density at radius 3 is 2.30 bits per heavy atom. The number of aromatic amines is 1. The number of pyridine rings is 1. The van der Waals surface area contributed by atoms with E-state index in [4.69, 9.17) is 9.47 Å². The van der Waals surface area contributed by atoms with Crippen LogP contribution in [0.25, 0.3) is 11.1 Å². The second-order valence-electron chi connectivity index (χ2n) is 5.81. The zero-order chi connectivity index (χ0) is 16.4. The molecule has 1 aromatic carbocycles. The molecule has 0 atom stereocenters. The molecule has 1 fully saturated rings. The number of aromatic hydroxyl groups is 1. The van der Waals surface area contributed by atoms with Gasteiger partial charge in [0, 0.05) is 11.8 Å². The van der Waals surface area contributed by atoms with E-state index in [2.05, 4.69) is 4.98 Å². The molecule has 1 aliphatic rings. The van der Waals surface area contributed by atoms with Crippen LogP contribution in [0.3, 0.4) is 0 Å². The van der Waals surface area contributed by atoms with Crippen molar-refractivity contribution < 1.29 is 14.6 Å². The van der Waals surface area contributed by atoms with Crippen molar-refractivity contribution in [3.63, 3.8) is 0 Å². The van der Waals surface area contributed by atoms with Crippen LogP contribution in [0, 0.1) is 0 Å². The number of nitrogens with one attached hydrogen (secondary N) is 1. The minimum Gasteiger partial charge on any atom is -0.507 e. The molecule has 3 rings (SSSR count). The van der Waals surface area contributed by atoms with Gasteiger partial charge in [0.15, 0.2) is 0 Å². The predicted molar refractivity (Wildman–Crippen MR) is 88.5 cm³/mol. The smallest absolute Gasteiger partial charge is 0.255 e.